The van der Waals surface area contributed by atoms with Gasteiger partial charge in [-0.2, -0.15) is 0 Å². The summed E-state index contributed by atoms with van der Waals surface area (Å²) < 4.78 is 0. The molecule has 5 heteroatoms. The van der Waals surface area contributed by atoms with Crippen molar-refractivity contribution in [1.82, 2.24) is 5.32 Å². The first-order chi connectivity index (χ1) is 7.45. The van der Waals surface area contributed by atoms with Crippen LogP contribution >= 0.6 is 0 Å². The average molecular weight is 245 g/mol. The van der Waals surface area contributed by atoms with Gasteiger partial charge in [-0.3, -0.25) is 9.59 Å². The number of carbonyl (C=O) groups is 2. The van der Waals surface area contributed by atoms with Gasteiger partial charge in [0.05, 0.1) is 11.1 Å². The second-order valence-corrected chi connectivity index (χ2v) is 5.64. The predicted octanol–water partition coefficient (Wildman–Crippen LogP) is 1.15. The van der Waals surface area contributed by atoms with Crippen molar-refractivity contribution in [2.24, 2.45) is 5.92 Å². The van der Waals surface area contributed by atoms with E-state index in [1.807, 2.05) is 0 Å². The Kier molecular flexibility index (Phi) is 5.13. The van der Waals surface area contributed by atoms with Crippen LogP contribution in [0.4, 0.5) is 0 Å². The Morgan fingerprint density at radius 1 is 1.18 bits per heavy atom. The van der Waals surface area contributed by atoms with Gasteiger partial charge in [0.15, 0.2) is 0 Å². The van der Waals surface area contributed by atoms with E-state index >= 15 is 0 Å². The molecular weight excluding hydrogens is 222 g/mol. The van der Waals surface area contributed by atoms with Gasteiger partial charge in [-0.1, -0.05) is 6.92 Å². The quantitative estimate of drug-likeness (QED) is 0.655. The Bertz CT molecular complexity index is 291. The molecule has 0 aromatic heterocycles. The molecule has 0 bridgehead atoms. The summed E-state index contributed by atoms with van der Waals surface area (Å²) in [5.41, 5.74) is -1.80. The SMILES string of the molecule is CC(CC(=O)O)CC(=O)NC(C)(C)C(C)(C)O. The highest BCUT2D eigenvalue weighted by atomic mass is 16.4. The Hall–Kier alpha value is -1.10. The van der Waals surface area contributed by atoms with Gasteiger partial charge >= 0.3 is 5.97 Å². The number of nitrogens with one attached hydrogen (secondary N) is 1. The van der Waals surface area contributed by atoms with Crippen LogP contribution in [0.25, 0.3) is 0 Å². The molecule has 1 atom stereocenters. The van der Waals surface area contributed by atoms with Crippen molar-refractivity contribution in [2.45, 2.75) is 58.6 Å². The number of aliphatic carboxylic acids is 1. The fourth-order valence-electron chi connectivity index (χ4n) is 1.24. The number of rotatable bonds is 6. The Balaban J connectivity index is 4.32. The second-order valence-electron chi connectivity index (χ2n) is 5.64. The van der Waals surface area contributed by atoms with Crippen molar-refractivity contribution in [1.29, 1.82) is 0 Å². The minimum atomic E-state index is -1.04. The Morgan fingerprint density at radius 3 is 2.00 bits per heavy atom. The van der Waals surface area contributed by atoms with Gasteiger partial charge in [-0.15, -0.1) is 0 Å². The lowest BCUT2D eigenvalue weighted by Gasteiger charge is -2.38. The standard InChI is InChI=1S/C12H23NO4/c1-8(7-10(15)16)6-9(14)13-11(2,3)12(4,5)17/h8,17H,6-7H2,1-5H3,(H,13,14)(H,15,16). The predicted molar refractivity (Wildman–Crippen MR) is 64.6 cm³/mol. The van der Waals surface area contributed by atoms with Crippen LogP contribution in [0.5, 0.6) is 0 Å². The van der Waals surface area contributed by atoms with E-state index in [0.717, 1.165) is 0 Å². The van der Waals surface area contributed by atoms with E-state index in [9.17, 15) is 14.7 Å². The van der Waals surface area contributed by atoms with E-state index in [2.05, 4.69) is 5.32 Å². The molecule has 0 aliphatic carbocycles. The van der Waals surface area contributed by atoms with Gasteiger partial charge in [0.1, 0.15) is 0 Å². The van der Waals surface area contributed by atoms with Crippen molar-refractivity contribution in [3.63, 3.8) is 0 Å². The van der Waals surface area contributed by atoms with Crippen LogP contribution in [-0.2, 0) is 9.59 Å². The molecule has 0 saturated heterocycles. The van der Waals surface area contributed by atoms with Gasteiger partial charge < -0.3 is 15.5 Å². The molecule has 100 valence electrons. The largest absolute Gasteiger partial charge is 0.481 e. The maximum Gasteiger partial charge on any atom is 0.303 e. The molecule has 0 aromatic carbocycles. The zero-order valence-electron chi connectivity index (χ0n) is 11.2. The first-order valence-electron chi connectivity index (χ1n) is 5.71. The third-order valence-electron chi connectivity index (χ3n) is 3.04. The molecule has 0 rings (SSSR count). The summed E-state index contributed by atoms with van der Waals surface area (Å²) in [5, 5.41) is 21.2. The van der Waals surface area contributed by atoms with Crippen molar-refractivity contribution in [2.75, 3.05) is 0 Å². The highest BCUT2D eigenvalue weighted by molar-refractivity contribution is 5.78. The first-order valence-corrected chi connectivity index (χ1v) is 5.71. The molecule has 0 spiro atoms. The maximum absolute atomic E-state index is 11.7. The summed E-state index contributed by atoms with van der Waals surface area (Å²) in [4.78, 5) is 22.1. The molecule has 0 radical (unpaired) electrons. The Morgan fingerprint density at radius 2 is 1.65 bits per heavy atom. The van der Waals surface area contributed by atoms with E-state index < -0.39 is 17.1 Å². The van der Waals surface area contributed by atoms with E-state index in [1.54, 1.807) is 34.6 Å². The van der Waals surface area contributed by atoms with Crippen molar-refractivity contribution >= 4 is 11.9 Å². The summed E-state index contributed by atoms with van der Waals surface area (Å²) in [7, 11) is 0. The van der Waals surface area contributed by atoms with E-state index in [1.165, 1.54) is 0 Å². The highest BCUT2D eigenvalue weighted by Gasteiger charge is 2.36. The minimum absolute atomic E-state index is 0.0314. The lowest BCUT2D eigenvalue weighted by molar-refractivity contribution is -0.138. The number of carboxylic acids is 1. The van der Waals surface area contributed by atoms with E-state index in [4.69, 9.17) is 5.11 Å². The Labute approximate surface area is 102 Å². The fourth-order valence-corrected chi connectivity index (χ4v) is 1.24. The zero-order chi connectivity index (χ0) is 13.9. The van der Waals surface area contributed by atoms with Crippen LogP contribution in [-0.4, -0.2) is 33.2 Å². The van der Waals surface area contributed by atoms with Gasteiger partial charge in [0.2, 0.25) is 5.91 Å². The second kappa shape index (κ2) is 5.49. The fraction of sp³-hybridized carbons (Fsp3) is 0.833. The molecule has 5 nitrogen and oxygen atoms in total. The molecular formula is C12H23NO4. The van der Waals surface area contributed by atoms with Crippen LogP contribution in [0.15, 0.2) is 0 Å². The zero-order valence-corrected chi connectivity index (χ0v) is 11.2. The van der Waals surface area contributed by atoms with Crippen molar-refractivity contribution in [3.05, 3.63) is 0 Å². The van der Waals surface area contributed by atoms with Gasteiger partial charge in [-0.25, -0.2) is 0 Å². The highest BCUT2D eigenvalue weighted by Crippen LogP contribution is 2.21. The van der Waals surface area contributed by atoms with Gasteiger partial charge in [-0.05, 0) is 33.6 Å². The summed E-state index contributed by atoms with van der Waals surface area (Å²) in [6.45, 7) is 8.41. The lowest BCUT2D eigenvalue weighted by Crippen LogP contribution is -2.57. The third-order valence-corrected chi connectivity index (χ3v) is 3.04. The number of amides is 1. The number of hydrogen-bond acceptors (Lipinski definition) is 3. The van der Waals surface area contributed by atoms with E-state index in [0.29, 0.717) is 0 Å². The molecule has 17 heavy (non-hydrogen) atoms. The summed E-state index contributed by atoms with van der Waals surface area (Å²) in [6.07, 6.45) is 0.113. The van der Waals surface area contributed by atoms with Crippen molar-refractivity contribution < 1.29 is 19.8 Å². The topological polar surface area (TPSA) is 86.6 Å². The monoisotopic (exact) mass is 245 g/mol. The summed E-state index contributed by atoms with van der Waals surface area (Å²) >= 11 is 0. The number of aliphatic hydroxyl groups is 1. The summed E-state index contributed by atoms with van der Waals surface area (Å²) in [6, 6.07) is 0. The normalized spacial score (nSPS) is 14.2. The molecule has 1 unspecified atom stereocenters. The molecule has 0 fully saturated rings. The molecule has 0 aromatic rings. The maximum atomic E-state index is 11.7. The number of hydrogen-bond donors (Lipinski definition) is 3. The smallest absolute Gasteiger partial charge is 0.303 e. The molecule has 0 saturated carbocycles. The molecule has 0 heterocycles. The summed E-state index contributed by atoms with van der Waals surface area (Å²) in [5.74, 6) is -1.37. The molecule has 3 N–H and O–H groups in total. The molecule has 1 amide bonds. The molecule has 0 aliphatic heterocycles. The number of carboxylic acid groups (broad SMARTS) is 1. The van der Waals surface area contributed by atoms with Crippen molar-refractivity contribution in [3.8, 4) is 0 Å². The van der Waals surface area contributed by atoms with E-state index in [-0.39, 0.29) is 24.7 Å². The minimum Gasteiger partial charge on any atom is -0.481 e. The van der Waals surface area contributed by atoms with Crippen LogP contribution in [0.3, 0.4) is 0 Å². The first kappa shape index (κ1) is 15.9. The van der Waals surface area contributed by atoms with Crippen LogP contribution < -0.4 is 5.32 Å². The van der Waals surface area contributed by atoms with Gasteiger partial charge in [0, 0.05) is 12.8 Å². The average Bonchev–Trinajstić information content (AvgIpc) is 1.96. The molecule has 0 aliphatic rings. The van der Waals surface area contributed by atoms with Crippen LogP contribution in [0, 0.1) is 5.92 Å². The van der Waals surface area contributed by atoms with Crippen LogP contribution in [0.2, 0.25) is 0 Å². The lowest BCUT2D eigenvalue weighted by atomic mass is 9.85. The third kappa shape index (κ3) is 5.68. The van der Waals surface area contributed by atoms with Crippen LogP contribution in [0.1, 0.15) is 47.5 Å². The number of carbonyl (C=O) groups excluding carboxylic acids is 1. The van der Waals surface area contributed by atoms with Gasteiger partial charge in [0.25, 0.3) is 0 Å².